The van der Waals surface area contributed by atoms with Crippen LogP contribution in [0.5, 0.6) is 0 Å². The molecule has 3 rings (SSSR count). The highest BCUT2D eigenvalue weighted by molar-refractivity contribution is 9.10. The monoisotopic (exact) mass is 316 g/mol. The van der Waals surface area contributed by atoms with Gasteiger partial charge >= 0.3 is 0 Å². The Labute approximate surface area is 119 Å². The van der Waals surface area contributed by atoms with Gasteiger partial charge in [-0.05, 0) is 47.1 Å². The van der Waals surface area contributed by atoms with Gasteiger partial charge in [0.1, 0.15) is 11.3 Å². The third-order valence-electron chi connectivity index (χ3n) is 3.12. The van der Waals surface area contributed by atoms with Gasteiger partial charge in [0, 0.05) is 28.5 Å². The van der Waals surface area contributed by atoms with Crippen molar-refractivity contribution < 1.29 is 0 Å². The molecule has 0 amide bonds. The number of benzene rings is 1. The SMILES string of the molecule is CCn1c(-c2ccc(Br)c(N)c2)nc2cnccc21. The van der Waals surface area contributed by atoms with E-state index >= 15 is 0 Å². The minimum atomic E-state index is 0.713. The van der Waals surface area contributed by atoms with Crippen LogP contribution >= 0.6 is 15.9 Å². The molecular formula is C14H13BrN4. The fourth-order valence-corrected chi connectivity index (χ4v) is 2.45. The zero-order chi connectivity index (χ0) is 13.4. The van der Waals surface area contributed by atoms with E-state index in [2.05, 4.69) is 37.4 Å². The van der Waals surface area contributed by atoms with Crippen molar-refractivity contribution in [1.82, 2.24) is 14.5 Å². The maximum Gasteiger partial charge on any atom is 0.141 e. The van der Waals surface area contributed by atoms with Gasteiger partial charge < -0.3 is 10.3 Å². The summed E-state index contributed by atoms with van der Waals surface area (Å²) in [5.41, 5.74) is 9.67. The molecule has 1 aromatic carbocycles. The van der Waals surface area contributed by atoms with E-state index in [1.807, 2.05) is 24.3 Å². The Kier molecular flexibility index (Phi) is 2.98. The van der Waals surface area contributed by atoms with Gasteiger partial charge in [-0.2, -0.15) is 0 Å². The molecule has 3 aromatic rings. The Bertz CT molecular complexity index is 748. The molecule has 0 radical (unpaired) electrons. The first-order valence-corrected chi connectivity index (χ1v) is 6.85. The van der Waals surface area contributed by atoms with Crippen molar-refractivity contribution >= 4 is 32.7 Å². The molecule has 19 heavy (non-hydrogen) atoms. The van der Waals surface area contributed by atoms with Crippen LogP contribution in [-0.2, 0) is 6.54 Å². The summed E-state index contributed by atoms with van der Waals surface area (Å²) in [6.07, 6.45) is 3.57. The molecule has 0 aliphatic heterocycles. The summed E-state index contributed by atoms with van der Waals surface area (Å²) in [6, 6.07) is 7.88. The summed E-state index contributed by atoms with van der Waals surface area (Å²) < 4.78 is 3.07. The van der Waals surface area contributed by atoms with Crippen molar-refractivity contribution in [3.05, 3.63) is 41.1 Å². The number of nitrogens with zero attached hydrogens (tertiary/aromatic N) is 3. The number of nitrogen functional groups attached to an aromatic ring is 1. The first kappa shape index (κ1) is 12.2. The quantitative estimate of drug-likeness (QED) is 0.736. The van der Waals surface area contributed by atoms with Crippen LogP contribution in [0.3, 0.4) is 0 Å². The van der Waals surface area contributed by atoms with Gasteiger partial charge in [-0.25, -0.2) is 4.98 Å². The standard InChI is InChI=1S/C14H13BrN4/c1-2-19-13-5-6-17-8-12(13)18-14(19)9-3-4-10(15)11(16)7-9/h3-8H,2,16H2,1H3. The summed E-state index contributed by atoms with van der Waals surface area (Å²) in [6.45, 7) is 2.96. The highest BCUT2D eigenvalue weighted by atomic mass is 79.9. The molecule has 0 aliphatic rings. The maximum atomic E-state index is 5.95. The number of hydrogen-bond donors (Lipinski definition) is 1. The number of aryl methyl sites for hydroxylation is 1. The van der Waals surface area contributed by atoms with Crippen molar-refractivity contribution in [1.29, 1.82) is 0 Å². The molecule has 0 atom stereocenters. The van der Waals surface area contributed by atoms with E-state index in [0.29, 0.717) is 5.69 Å². The van der Waals surface area contributed by atoms with Crippen LogP contribution in [-0.4, -0.2) is 14.5 Å². The predicted molar refractivity (Wildman–Crippen MR) is 80.8 cm³/mol. The fourth-order valence-electron chi connectivity index (χ4n) is 2.21. The second-order valence-electron chi connectivity index (χ2n) is 4.28. The summed E-state index contributed by atoms with van der Waals surface area (Å²) >= 11 is 3.41. The van der Waals surface area contributed by atoms with E-state index in [1.165, 1.54) is 0 Å². The molecule has 4 nitrogen and oxygen atoms in total. The van der Waals surface area contributed by atoms with Crippen LogP contribution < -0.4 is 5.73 Å². The molecule has 0 bridgehead atoms. The third-order valence-corrected chi connectivity index (χ3v) is 3.84. The van der Waals surface area contributed by atoms with Crippen LogP contribution in [0.15, 0.2) is 41.1 Å². The van der Waals surface area contributed by atoms with Crippen molar-refractivity contribution in [2.75, 3.05) is 5.73 Å². The van der Waals surface area contributed by atoms with Crippen molar-refractivity contribution in [3.63, 3.8) is 0 Å². The van der Waals surface area contributed by atoms with Crippen molar-refractivity contribution in [2.45, 2.75) is 13.5 Å². The van der Waals surface area contributed by atoms with Crippen LogP contribution in [0.4, 0.5) is 5.69 Å². The molecule has 0 spiro atoms. The molecule has 2 heterocycles. The number of aromatic nitrogens is 3. The molecule has 0 aliphatic carbocycles. The zero-order valence-corrected chi connectivity index (χ0v) is 12.1. The summed E-state index contributed by atoms with van der Waals surface area (Å²) in [5, 5.41) is 0. The molecule has 0 saturated carbocycles. The smallest absolute Gasteiger partial charge is 0.141 e. The minimum Gasteiger partial charge on any atom is -0.398 e. The molecule has 0 unspecified atom stereocenters. The maximum absolute atomic E-state index is 5.95. The Morgan fingerprint density at radius 2 is 2.16 bits per heavy atom. The summed E-state index contributed by atoms with van der Waals surface area (Å²) in [5.74, 6) is 0.921. The molecular weight excluding hydrogens is 304 g/mol. The van der Waals surface area contributed by atoms with E-state index in [-0.39, 0.29) is 0 Å². The fraction of sp³-hybridized carbons (Fsp3) is 0.143. The summed E-state index contributed by atoms with van der Waals surface area (Å²) in [4.78, 5) is 8.77. The van der Waals surface area contributed by atoms with Gasteiger partial charge in [-0.1, -0.05) is 0 Å². The zero-order valence-electron chi connectivity index (χ0n) is 10.5. The number of hydrogen-bond acceptors (Lipinski definition) is 3. The molecule has 96 valence electrons. The topological polar surface area (TPSA) is 56.7 Å². The Morgan fingerprint density at radius 1 is 1.32 bits per heavy atom. The average Bonchev–Trinajstić information content (AvgIpc) is 2.80. The lowest BCUT2D eigenvalue weighted by Gasteiger charge is -2.07. The first-order chi connectivity index (χ1) is 9.20. The van der Waals surface area contributed by atoms with Crippen molar-refractivity contribution in [2.24, 2.45) is 0 Å². The van der Waals surface area contributed by atoms with E-state index in [4.69, 9.17) is 5.73 Å². The van der Waals surface area contributed by atoms with Crippen LogP contribution in [0.2, 0.25) is 0 Å². The molecule has 0 saturated heterocycles. The Morgan fingerprint density at radius 3 is 2.89 bits per heavy atom. The summed E-state index contributed by atoms with van der Waals surface area (Å²) in [7, 11) is 0. The normalized spacial score (nSPS) is 11.1. The van der Waals surface area contributed by atoms with Crippen LogP contribution in [0, 0.1) is 0 Å². The van der Waals surface area contributed by atoms with E-state index in [9.17, 15) is 0 Å². The number of halogens is 1. The van der Waals surface area contributed by atoms with Gasteiger partial charge in [-0.3, -0.25) is 4.98 Å². The van der Waals surface area contributed by atoms with Gasteiger partial charge in [0.05, 0.1) is 11.7 Å². The lowest BCUT2D eigenvalue weighted by Crippen LogP contribution is -1.98. The first-order valence-electron chi connectivity index (χ1n) is 6.06. The molecule has 2 aromatic heterocycles. The number of nitrogens with two attached hydrogens (primary N) is 1. The highest BCUT2D eigenvalue weighted by Gasteiger charge is 2.12. The van der Waals surface area contributed by atoms with Crippen LogP contribution in [0.1, 0.15) is 6.92 Å². The number of fused-ring (bicyclic) bond motifs is 1. The predicted octanol–water partition coefficient (Wildman–Crippen LogP) is 3.46. The molecule has 5 heteroatoms. The number of pyridine rings is 1. The lowest BCUT2D eigenvalue weighted by molar-refractivity contribution is 0.796. The van der Waals surface area contributed by atoms with Crippen molar-refractivity contribution in [3.8, 4) is 11.4 Å². The average molecular weight is 317 g/mol. The molecule has 2 N–H and O–H groups in total. The second kappa shape index (κ2) is 4.66. The third kappa shape index (κ3) is 2.00. The van der Waals surface area contributed by atoms with E-state index in [1.54, 1.807) is 12.4 Å². The minimum absolute atomic E-state index is 0.713. The Balaban J connectivity index is 2.26. The number of imidazole rings is 1. The lowest BCUT2D eigenvalue weighted by atomic mass is 10.2. The second-order valence-corrected chi connectivity index (χ2v) is 5.13. The number of anilines is 1. The van der Waals surface area contributed by atoms with Gasteiger partial charge in [0.25, 0.3) is 0 Å². The van der Waals surface area contributed by atoms with Gasteiger partial charge in [0.2, 0.25) is 0 Å². The van der Waals surface area contributed by atoms with Crippen LogP contribution in [0.25, 0.3) is 22.4 Å². The van der Waals surface area contributed by atoms with E-state index < -0.39 is 0 Å². The Hall–Kier alpha value is -1.88. The van der Waals surface area contributed by atoms with Gasteiger partial charge in [0.15, 0.2) is 0 Å². The highest BCUT2D eigenvalue weighted by Crippen LogP contribution is 2.28. The molecule has 0 fully saturated rings. The van der Waals surface area contributed by atoms with E-state index in [0.717, 1.165) is 33.4 Å². The van der Waals surface area contributed by atoms with Gasteiger partial charge in [-0.15, -0.1) is 0 Å². The largest absolute Gasteiger partial charge is 0.398 e. The number of rotatable bonds is 2.